The van der Waals surface area contributed by atoms with Gasteiger partial charge >= 0.3 is 6.16 Å². The molecule has 1 aliphatic heterocycles. The summed E-state index contributed by atoms with van der Waals surface area (Å²) < 4.78 is 9.88. The number of hydrogen-bond acceptors (Lipinski definition) is 4. The van der Waals surface area contributed by atoms with Crippen molar-refractivity contribution in [2.45, 2.75) is 45.4 Å². The van der Waals surface area contributed by atoms with E-state index < -0.39 is 6.16 Å². The first-order chi connectivity index (χ1) is 6.18. The third kappa shape index (κ3) is 4.12. The molecule has 1 atom stereocenters. The Balaban J connectivity index is 2.18. The van der Waals surface area contributed by atoms with Crippen LogP contribution in [0.3, 0.4) is 0 Å². The summed E-state index contributed by atoms with van der Waals surface area (Å²) in [4.78, 5) is 11.0. The lowest BCUT2D eigenvalue weighted by molar-refractivity contribution is -0.0109. The molecule has 0 aromatic carbocycles. The minimum absolute atomic E-state index is 0.115. The third-order valence-corrected chi connectivity index (χ3v) is 1.84. The largest absolute Gasteiger partial charge is 0.510 e. The van der Waals surface area contributed by atoms with Crippen LogP contribution in [0.2, 0.25) is 0 Å². The van der Waals surface area contributed by atoms with Crippen LogP contribution in [0.15, 0.2) is 0 Å². The molecule has 4 nitrogen and oxygen atoms in total. The van der Waals surface area contributed by atoms with Gasteiger partial charge in [0.25, 0.3) is 0 Å². The summed E-state index contributed by atoms with van der Waals surface area (Å²) in [5.41, 5.74) is 0. The zero-order valence-corrected chi connectivity index (χ0v) is 8.21. The van der Waals surface area contributed by atoms with Gasteiger partial charge in [0.1, 0.15) is 0 Å². The van der Waals surface area contributed by atoms with Gasteiger partial charge in [-0.25, -0.2) is 4.79 Å². The molecule has 13 heavy (non-hydrogen) atoms. The Labute approximate surface area is 78.6 Å². The molecule has 1 aliphatic rings. The number of rotatable bonds is 2. The van der Waals surface area contributed by atoms with E-state index in [4.69, 9.17) is 9.47 Å². The minimum atomic E-state index is -0.575. The van der Waals surface area contributed by atoms with Gasteiger partial charge in [0.2, 0.25) is 0 Å². The molecule has 0 bridgehead atoms. The predicted octanol–water partition coefficient (Wildman–Crippen LogP) is 1.65. The van der Waals surface area contributed by atoms with Gasteiger partial charge in [0.15, 0.2) is 6.23 Å². The van der Waals surface area contributed by atoms with E-state index in [9.17, 15) is 4.79 Å². The minimum Gasteiger partial charge on any atom is -0.432 e. The SMILES string of the molecule is CC(C)OC(=O)OC1CCCCN1. The van der Waals surface area contributed by atoms with Crippen molar-refractivity contribution in [1.29, 1.82) is 0 Å². The van der Waals surface area contributed by atoms with Gasteiger partial charge in [-0.3, -0.25) is 5.32 Å². The summed E-state index contributed by atoms with van der Waals surface area (Å²) in [5.74, 6) is 0. The van der Waals surface area contributed by atoms with E-state index in [2.05, 4.69) is 5.32 Å². The summed E-state index contributed by atoms with van der Waals surface area (Å²) in [5, 5.41) is 3.10. The zero-order chi connectivity index (χ0) is 9.68. The van der Waals surface area contributed by atoms with Gasteiger partial charge in [-0.1, -0.05) is 0 Å². The maximum absolute atomic E-state index is 11.0. The molecule has 0 saturated carbocycles. The highest BCUT2D eigenvalue weighted by Gasteiger charge is 2.18. The van der Waals surface area contributed by atoms with Gasteiger partial charge in [-0.15, -0.1) is 0 Å². The fourth-order valence-electron chi connectivity index (χ4n) is 1.26. The van der Waals surface area contributed by atoms with Crippen LogP contribution >= 0.6 is 0 Å². The van der Waals surface area contributed by atoms with Crippen LogP contribution in [-0.4, -0.2) is 25.0 Å². The highest BCUT2D eigenvalue weighted by Crippen LogP contribution is 2.09. The van der Waals surface area contributed by atoms with Crippen molar-refractivity contribution in [2.75, 3.05) is 6.54 Å². The van der Waals surface area contributed by atoms with Crippen molar-refractivity contribution in [2.24, 2.45) is 0 Å². The highest BCUT2D eigenvalue weighted by molar-refractivity contribution is 5.60. The first kappa shape index (κ1) is 10.3. The van der Waals surface area contributed by atoms with E-state index in [-0.39, 0.29) is 12.3 Å². The molecule has 1 heterocycles. The Morgan fingerprint density at radius 1 is 1.46 bits per heavy atom. The average molecular weight is 187 g/mol. The molecular weight excluding hydrogens is 170 g/mol. The molecule has 1 N–H and O–H groups in total. The Morgan fingerprint density at radius 3 is 2.77 bits per heavy atom. The summed E-state index contributed by atoms with van der Waals surface area (Å²) >= 11 is 0. The predicted molar refractivity (Wildman–Crippen MR) is 48.3 cm³/mol. The van der Waals surface area contributed by atoms with E-state index >= 15 is 0 Å². The number of carbonyl (C=O) groups excluding carboxylic acids is 1. The molecule has 1 rings (SSSR count). The first-order valence-electron chi connectivity index (χ1n) is 4.79. The maximum atomic E-state index is 11.0. The van der Waals surface area contributed by atoms with Crippen LogP contribution in [-0.2, 0) is 9.47 Å². The Hall–Kier alpha value is -0.770. The molecule has 1 saturated heterocycles. The fraction of sp³-hybridized carbons (Fsp3) is 0.889. The molecule has 0 aromatic rings. The van der Waals surface area contributed by atoms with Crippen LogP contribution in [0, 0.1) is 0 Å². The zero-order valence-electron chi connectivity index (χ0n) is 8.21. The smallest absolute Gasteiger partial charge is 0.432 e. The molecule has 0 radical (unpaired) electrons. The molecule has 0 amide bonds. The van der Waals surface area contributed by atoms with Crippen LogP contribution in [0.1, 0.15) is 33.1 Å². The molecule has 4 heteroatoms. The number of nitrogens with one attached hydrogen (secondary N) is 1. The van der Waals surface area contributed by atoms with Crippen molar-refractivity contribution in [1.82, 2.24) is 5.32 Å². The average Bonchev–Trinajstić information content (AvgIpc) is 2.04. The molecule has 0 aliphatic carbocycles. The van der Waals surface area contributed by atoms with Crippen LogP contribution in [0.25, 0.3) is 0 Å². The van der Waals surface area contributed by atoms with Crippen LogP contribution in [0.4, 0.5) is 4.79 Å². The van der Waals surface area contributed by atoms with Gasteiger partial charge in [0, 0.05) is 0 Å². The van der Waals surface area contributed by atoms with Crippen molar-refractivity contribution in [3.8, 4) is 0 Å². The monoisotopic (exact) mass is 187 g/mol. The van der Waals surface area contributed by atoms with E-state index in [0.29, 0.717) is 0 Å². The number of piperidine rings is 1. The lowest BCUT2D eigenvalue weighted by atomic mass is 10.1. The van der Waals surface area contributed by atoms with Gasteiger partial charge in [0.05, 0.1) is 6.10 Å². The normalized spacial score (nSPS) is 22.8. The molecular formula is C9H17NO3. The Morgan fingerprint density at radius 2 is 2.23 bits per heavy atom. The Kier molecular flexibility index (Phi) is 4.02. The van der Waals surface area contributed by atoms with Gasteiger partial charge < -0.3 is 9.47 Å². The van der Waals surface area contributed by atoms with E-state index in [1.165, 1.54) is 0 Å². The number of hydrogen-bond donors (Lipinski definition) is 1. The summed E-state index contributed by atoms with van der Waals surface area (Å²) in [6.07, 6.45) is 2.30. The Bertz CT molecular complexity index is 164. The topological polar surface area (TPSA) is 47.6 Å². The van der Waals surface area contributed by atoms with Crippen LogP contribution in [0.5, 0.6) is 0 Å². The summed E-state index contributed by atoms with van der Waals surface area (Å²) in [7, 11) is 0. The lowest BCUT2D eigenvalue weighted by Gasteiger charge is -2.23. The van der Waals surface area contributed by atoms with E-state index in [1.54, 1.807) is 13.8 Å². The maximum Gasteiger partial charge on any atom is 0.510 e. The lowest BCUT2D eigenvalue weighted by Crippen LogP contribution is -2.38. The summed E-state index contributed by atoms with van der Waals surface area (Å²) in [6, 6.07) is 0. The second-order valence-corrected chi connectivity index (χ2v) is 3.47. The van der Waals surface area contributed by atoms with E-state index in [0.717, 1.165) is 25.8 Å². The molecule has 0 spiro atoms. The second-order valence-electron chi connectivity index (χ2n) is 3.47. The molecule has 0 aromatic heterocycles. The summed E-state index contributed by atoms with van der Waals surface area (Å²) in [6.45, 7) is 4.52. The first-order valence-corrected chi connectivity index (χ1v) is 4.79. The number of carbonyl (C=O) groups is 1. The fourth-order valence-corrected chi connectivity index (χ4v) is 1.26. The van der Waals surface area contributed by atoms with Crippen molar-refractivity contribution < 1.29 is 14.3 Å². The molecule has 1 fully saturated rings. The van der Waals surface area contributed by atoms with E-state index in [1.807, 2.05) is 0 Å². The van der Waals surface area contributed by atoms with Crippen LogP contribution < -0.4 is 5.32 Å². The molecule has 1 unspecified atom stereocenters. The molecule has 76 valence electrons. The van der Waals surface area contributed by atoms with Crippen molar-refractivity contribution in [3.63, 3.8) is 0 Å². The highest BCUT2D eigenvalue weighted by atomic mass is 16.7. The van der Waals surface area contributed by atoms with Crippen molar-refractivity contribution >= 4 is 6.16 Å². The second kappa shape index (κ2) is 5.07. The number of ether oxygens (including phenoxy) is 2. The quantitative estimate of drug-likeness (QED) is 0.668. The standard InChI is InChI=1S/C9H17NO3/c1-7(2)12-9(11)13-8-5-3-4-6-10-8/h7-8,10H,3-6H2,1-2H3. The van der Waals surface area contributed by atoms with Gasteiger partial charge in [-0.2, -0.15) is 0 Å². The third-order valence-electron chi connectivity index (χ3n) is 1.84. The van der Waals surface area contributed by atoms with Crippen molar-refractivity contribution in [3.05, 3.63) is 0 Å². The van der Waals surface area contributed by atoms with Gasteiger partial charge in [-0.05, 0) is 39.7 Å².